The van der Waals surface area contributed by atoms with Crippen LogP contribution in [0, 0.1) is 0 Å². The van der Waals surface area contributed by atoms with Crippen molar-refractivity contribution in [1.82, 2.24) is 0 Å². The molecule has 0 radical (unpaired) electrons. The van der Waals surface area contributed by atoms with E-state index in [9.17, 15) is 25.2 Å². The Hall–Kier alpha value is -2.35. The van der Waals surface area contributed by atoms with Gasteiger partial charge in [0.15, 0.2) is 5.43 Å². The van der Waals surface area contributed by atoms with Crippen LogP contribution in [0.3, 0.4) is 0 Å². The standard InChI is InChI=1S/C20H24O7/c1-19(2)6-5-11-16(24)15-13(22)7-10(9-21)26-18(15)12(17(11)27-19)8-14(23)20(3,4)25/h5-7,14,21,23-25H,8-9H2,1-4H3/t14-/m1/s1. The van der Waals surface area contributed by atoms with Crippen LogP contribution >= 0.6 is 0 Å². The van der Waals surface area contributed by atoms with E-state index >= 15 is 0 Å². The molecule has 0 amide bonds. The Morgan fingerprint density at radius 1 is 1.30 bits per heavy atom. The summed E-state index contributed by atoms with van der Waals surface area (Å²) in [6, 6.07) is 1.11. The third-order valence-corrected chi connectivity index (χ3v) is 4.67. The molecule has 1 aromatic carbocycles. The molecule has 1 aromatic heterocycles. The molecule has 3 rings (SSSR count). The lowest BCUT2D eigenvalue weighted by Gasteiger charge is -2.32. The zero-order valence-electron chi connectivity index (χ0n) is 15.7. The molecule has 0 bridgehead atoms. The van der Waals surface area contributed by atoms with E-state index < -0.39 is 29.3 Å². The van der Waals surface area contributed by atoms with E-state index in [0.29, 0.717) is 11.1 Å². The van der Waals surface area contributed by atoms with Crippen molar-refractivity contribution in [3.05, 3.63) is 39.3 Å². The lowest BCUT2D eigenvalue weighted by Crippen LogP contribution is -2.38. The molecule has 0 spiro atoms. The highest BCUT2D eigenvalue weighted by molar-refractivity contribution is 5.94. The Morgan fingerprint density at radius 2 is 1.96 bits per heavy atom. The van der Waals surface area contributed by atoms with Crippen LogP contribution in [0.15, 0.2) is 21.4 Å². The number of rotatable bonds is 4. The summed E-state index contributed by atoms with van der Waals surface area (Å²) < 4.78 is 11.6. The van der Waals surface area contributed by atoms with Gasteiger partial charge in [-0.05, 0) is 39.8 Å². The van der Waals surface area contributed by atoms with Gasteiger partial charge in [0.2, 0.25) is 0 Å². The summed E-state index contributed by atoms with van der Waals surface area (Å²) in [5.74, 6) is 0.0111. The highest BCUT2D eigenvalue weighted by atomic mass is 16.5. The normalized spacial score (nSPS) is 16.9. The Morgan fingerprint density at radius 3 is 2.56 bits per heavy atom. The van der Waals surface area contributed by atoms with Crippen LogP contribution in [0.5, 0.6) is 11.5 Å². The van der Waals surface area contributed by atoms with Crippen molar-refractivity contribution in [3.8, 4) is 11.5 Å². The maximum Gasteiger partial charge on any atom is 0.196 e. The van der Waals surface area contributed by atoms with Gasteiger partial charge in [-0.3, -0.25) is 4.79 Å². The summed E-state index contributed by atoms with van der Waals surface area (Å²) >= 11 is 0. The molecular weight excluding hydrogens is 352 g/mol. The average molecular weight is 376 g/mol. The largest absolute Gasteiger partial charge is 0.506 e. The van der Waals surface area contributed by atoms with Crippen molar-refractivity contribution in [2.75, 3.05) is 0 Å². The van der Waals surface area contributed by atoms with Crippen molar-refractivity contribution >= 4 is 17.0 Å². The summed E-state index contributed by atoms with van der Waals surface area (Å²) in [5.41, 5.74) is -1.93. The smallest absolute Gasteiger partial charge is 0.196 e. The minimum absolute atomic E-state index is 0.0245. The summed E-state index contributed by atoms with van der Waals surface area (Å²) in [6.07, 6.45) is 2.15. The molecule has 27 heavy (non-hydrogen) atoms. The van der Waals surface area contributed by atoms with Crippen LogP contribution in [-0.4, -0.2) is 37.7 Å². The fourth-order valence-electron chi connectivity index (χ4n) is 3.05. The zero-order valence-corrected chi connectivity index (χ0v) is 15.7. The maximum absolute atomic E-state index is 12.5. The summed E-state index contributed by atoms with van der Waals surface area (Å²) in [5, 5.41) is 40.6. The van der Waals surface area contributed by atoms with Gasteiger partial charge in [-0.15, -0.1) is 0 Å². The quantitative estimate of drug-likeness (QED) is 0.643. The number of aliphatic hydroxyl groups excluding tert-OH is 2. The van der Waals surface area contributed by atoms with Gasteiger partial charge in [0.1, 0.15) is 40.4 Å². The number of hydrogen-bond donors (Lipinski definition) is 4. The van der Waals surface area contributed by atoms with E-state index in [0.717, 1.165) is 6.07 Å². The number of benzene rings is 1. The van der Waals surface area contributed by atoms with Gasteiger partial charge in [-0.2, -0.15) is 0 Å². The number of aromatic hydroxyl groups is 1. The minimum Gasteiger partial charge on any atom is -0.506 e. The van der Waals surface area contributed by atoms with Gasteiger partial charge in [-0.25, -0.2) is 0 Å². The lowest BCUT2D eigenvalue weighted by atomic mass is 9.90. The molecule has 1 aliphatic heterocycles. The second kappa shape index (κ2) is 6.37. The maximum atomic E-state index is 12.5. The van der Waals surface area contributed by atoms with Crippen molar-refractivity contribution in [1.29, 1.82) is 0 Å². The molecule has 0 unspecified atom stereocenters. The van der Waals surface area contributed by atoms with E-state index in [2.05, 4.69) is 0 Å². The number of phenols is 1. The Bertz CT molecular complexity index is 977. The number of aliphatic hydroxyl groups is 3. The van der Waals surface area contributed by atoms with Gasteiger partial charge in [-0.1, -0.05) is 0 Å². The summed E-state index contributed by atoms with van der Waals surface area (Å²) in [6.45, 7) is 6.08. The summed E-state index contributed by atoms with van der Waals surface area (Å²) in [4.78, 5) is 12.5. The second-order valence-electron chi connectivity index (χ2n) is 7.92. The fourth-order valence-corrected chi connectivity index (χ4v) is 3.05. The van der Waals surface area contributed by atoms with E-state index in [1.807, 2.05) is 13.8 Å². The first-order valence-corrected chi connectivity index (χ1v) is 8.68. The summed E-state index contributed by atoms with van der Waals surface area (Å²) in [7, 11) is 0. The van der Waals surface area contributed by atoms with Gasteiger partial charge in [0.05, 0.1) is 17.3 Å². The van der Waals surface area contributed by atoms with Crippen LogP contribution in [-0.2, 0) is 13.0 Å². The van der Waals surface area contributed by atoms with Crippen molar-refractivity contribution < 1.29 is 29.6 Å². The first-order valence-electron chi connectivity index (χ1n) is 8.68. The third kappa shape index (κ3) is 3.45. The van der Waals surface area contributed by atoms with Gasteiger partial charge in [0.25, 0.3) is 0 Å². The SMILES string of the molecule is CC1(C)C=Cc2c(c(C[C@@H](O)C(C)(C)O)c3oc(CO)cc(=O)c3c2O)O1. The first kappa shape index (κ1) is 19.4. The molecule has 2 heterocycles. The predicted octanol–water partition coefficient (Wildman–Crippen LogP) is 1.85. The van der Waals surface area contributed by atoms with Gasteiger partial charge < -0.3 is 29.6 Å². The monoisotopic (exact) mass is 376 g/mol. The number of ether oxygens (including phenoxy) is 1. The second-order valence-corrected chi connectivity index (χ2v) is 7.92. The van der Waals surface area contributed by atoms with Crippen LogP contribution in [0.4, 0.5) is 0 Å². The highest BCUT2D eigenvalue weighted by Gasteiger charge is 2.33. The first-order chi connectivity index (χ1) is 12.4. The minimum atomic E-state index is -1.41. The van der Waals surface area contributed by atoms with Crippen LogP contribution in [0.25, 0.3) is 17.0 Å². The molecule has 146 valence electrons. The molecule has 7 heteroatoms. The van der Waals surface area contributed by atoms with Gasteiger partial charge >= 0.3 is 0 Å². The van der Waals surface area contributed by atoms with Crippen LogP contribution in [0.1, 0.15) is 44.6 Å². The van der Waals surface area contributed by atoms with E-state index in [4.69, 9.17) is 9.15 Å². The molecule has 0 saturated carbocycles. The molecule has 0 fully saturated rings. The fraction of sp³-hybridized carbons (Fsp3) is 0.450. The molecule has 0 aliphatic carbocycles. The highest BCUT2D eigenvalue weighted by Crippen LogP contribution is 2.45. The third-order valence-electron chi connectivity index (χ3n) is 4.67. The molecule has 1 aliphatic rings. The molecule has 0 saturated heterocycles. The number of hydrogen-bond acceptors (Lipinski definition) is 7. The van der Waals surface area contributed by atoms with Crippen molar-refractivity contribution in [3.63, 3.8) is 0 Å². The lowest BCUT2D eigenvalue weighted by molar-refractivity contribution is -0.0472. The van der Waals surface area contributed by atoms with Crippen LogP contribution in [0.2, 0.25) is 0 Å². The topological polar surface area (TPSA) is 120 Å². The molecular formula is C20H24O7. The van der Waals surface area contributed by atoms with Gasteiger partial charge in [0, 0.05) is 18.1 Å². The Labute approximate surface area is 156 Å². The molecule has 7 nitrogen and oxygen atoms in total. The predicted molar refractivity (Wildman–Crippen MR) is 99.8 cm³/mol. The number of phenolic OH excluding ortho intramolecular Hbond substituents is 1. The van der Waals surface area contributed by atoms with E-state index in [1.54, 1.807) is 12.2 Å². The molecule has 1 atom stereocenters. The van der Waals surface area contributed by atoms with E-state index in [1.165, 1.54) is 13.8 Å². The Balaban J connectivity index is 2.39. The number of fused-ring (bicyclic) bond motifs is 2. The van der Waals surface area contributed by atoms with Crippen molar-refractivity contribution in [2.45, 2.75) is 58.0 Å². The molecule has 4 N–H and O–H groups in total. The zero-order chi connectivity index (χ0) is 20.1. The average Bonchev–Trinajstić information content (AvgIpc) is 2.55. The molecule has 2 aromatic rings. The van der Waals surface area contributed by atoms with Crippen molar-refractivity contribution in [2.24, 2.45) is 0 Å². The Kier molecular flexibility index (Phi) is 4.58. The van der Waals surface area contributed by atoms with E-state index in [-0.39, 0.29) is 34.6 Å². The van der Waals surface area contributed by atoms with Crippen LogP contribution < -0.4 is 10.2 Å².